The van der Waals surface area contributed by atoms with E-state index in [0.29, 0.717) is 23.0 Å². The van der Waals surface area contributed by atoms with Gasteiger partial charge in [-0.2, -0.15) is 0 Å². The van der Waals surface area contributed by atoms with E-state index < -0.39 is 5.97 Å². The van der Waals surface area contributed by atoms with Crippen LogP contribution in [0.1, 0.15) is 41.0 Å². The number of esters is 1. The molecule has 4 rings (SSSR count). The maximum atomic E-state index is 12.8. The highest BCUT2D eigenvalue weighted by Gasteiger charge is 2.15. The number of aromatic nitrogens is 2. The van der Waals surface area contributed by atoms with Gasteiger partial charge in [0.25, 0.3) is 5.56 Å². The van der Waals surface area contributed by atoms with Gasteiger partial charge >= 0.3 is 5.97 Å². The predicted molar refractivity (Wildman–Crippen MR) is 109 cm³/mol. The summed E-state index contributed by atoms with van der Waals surface area (Å²) in [5, 5.41) is 0.547. The van der Waals surface area contributed by atoms with Crippen LogP contribution in [0.4, 0.5) is 0 Å². The van der Waals surface area contributed by atoms with Gasteiger partial charge in [0.1, 0.15) is 12.4 Å². The fourth-order valence-electron chi connectivity index (χ4n) is 3.50. The third-order valence-corrected chi connectivity index (χ3v) is 4.97. The van der Waals surface area contributed by atoms with Gasteiger partial charge in [-0.25, -0.2) is 9.78 Å². The van der Waals surface area contributed by atoms with Crippen molar-refractivity contribution in [2.45, 2.75) is 32.2 Å². The molecule has 0 N–H and O–H groups in total. The van der Waals surface area contributed by atoms with Crippen molar-refractivity contribution in [2.24, 2.45) is 0 Å². The summed E-state index contributed by atoms with van der Waals surface area (Å²) in [6.07, 6.45) is 7.65. The van der Waals surface area contributed by atoms with E-state index in [-0.39, 0.29) is 12.2 Å². The normalized spacial score (nSPS) is 14.0. The molecule has 5 heteroatoms. The van der Waals surface area contributed by atoms with Crippen molar-refractivity contribution in [3.63, 3.8) is 0 Å². The lowest BCUT2D eigenvalue weighted by Gasteiger charge is -2.10. The van der Waals surface area contributed by atoms with Gasteiger partial charge in [0.05, 0.1) is 16.5 Å². The standard InChI is InChI=1S/C23H22N2O3/c26-22-19-13-12-18(16-20(19)24-21-11-5-2-6-14-25(21)22)23(27)28-15-7-10-17-8-3-1-4-9-17/h1,3-4,7-10,12-13,16H,2,5-6,11,14-15H2/b10-7+. The van der Waals surface area contributed by atoms with Gasteiger partial charge in [0.15, 0.2) is 0 Å². The summed E-state index contributed by atoms with van der Waals surface area (Å²) in [6, 6.07) is 14.8. The van der Waals surface area contributed by atoms with Crippen molar-refractivity contribution < 1.29 is 9.53 Å². The number of nitrogens with zero attached hydrogens (tertiary/aromatic N) is 2. The monoisotopic (exact) mass is 374 g/mol. The molecule has 2 heterocycles. The van der Waals surface area contributed by atoms with Crippen molar-refractivity contribution >= 4 is 22.9 Å². The Kier molecular flexibility index (Phi) is 5.33. The first kappa shape index (κ1) is 18.2. The van der Waals surface area contributed by atoms with E-state index in [0.717, 1.165) is 37.1 Å². The summed E-state index contributed by atoms with van der Waals surface area (Å²) < 4.78 is 7.10. The average Bonchev–Trinajstić information content (AvgIpc) is 2.97. The van der Waals surface area contributed by atoms with Crippen molar-refractivity contribution in [1.29, 1.82) is 0 Å². The number of aryl methyl sites for hydroxylation is 1. The molecule has 5 nitrogen and oxygen atoms in total. The Morgan fingerprint density at radius 3 is 2.82 bits per heavy atom. The molecule has 0 atom stereocenters. The molecule has 0 unspecified atom stereocenters. The fourth-order valence-corrected chi connectivity index (χ4v) is 3.50. The highest BCUT2D eigenvalue weighted by atomic mass is 16.5. The molecule has 0 radical (unpaired) electrons. The predicted octanol–water partition coefficient (Wildman–Crippen LogP) is 3.99. The van der Waals surface area contributed by atoms with Crippen LogP contribution in [0.5, 0.6) is 0 Å². The number of hydrogen-bond donors (Lipinski definition) is 0. The molecule has 3 aromatic rings. The molecular formula is C23H22N2O3. The maximum Gasteiger partial charge on any atom is 0.338 e. The van der Waals surface area contributed by atoms with Crippen molar-refractivity contribution in [2.75, 3.05) is 6.61 Å². The molecule has 1 aliphatic rings. The lowest BCUT2D eigenvalue weighted by molar-refractivity contribution is 0.0550. The van der Waals surface area contributed by atoms with E-state index in [4.69, 9.17) is 4.74 Å². The molecule has 0 aliphatic carbocycles. The number of benzene rings is 2. The molecule has 2 aromatic carbocycles. The summed E-state index contributed by atoms with van der Waals surface area (Å²) >= 11 is 0. The van der Waals surface area contributed by atoms with Crippen LogP contribution in [0, 0.1) is 0 Å². The topological polar surface area (TPSA) is 61.2 Å². The van der Waals surface area contributed by atoms with Gasteiger partial charge < -0.3 is 4.74 Å². The Bertz CT molecular complexity index is 1080. The number of carbonyl (C=O) groups is 1. The maximum absolute atomic E-state index is 12.8. The smallest absolute Gasteiger partial charge is 0.338 e. The third kappa shape index (κ3) is 3.88. The van der Waals surface area contributed by atoms with Crippen LogP contribution < -0.4 is 5.56 Å². The van der Waals surface area contributed by atoms with Gasteiger partial charge in [0, 0.05) is 13.0 Å². The van der Waals surface area contributed by atoms with Gasteiger partial charge in [0.2, 0.25) is 0 Å². The molecule has 1 aromatic heterocycles. The number of rotatable bonds is 4. The molecular weight excluding hydrogens is 352 g/mol. The molecule has 1 aliphatic heterocycles. The van der Waals surface area contributed by atoms with E-state index in [1.54, 1.807) is 28.8 Å². The van der Waals surface area contributed by atoms with E-state index >= 15 is 0 Å². The molecule has 0 saturated heterocycles. The minimum Gasteiger partial charge on any atom is -0.458 e. The Hall–Kier alpha value is -3.21. The second kappa shape index (κ2) is 8.21. The van der Waals surface area contributed by atoms with Crippen LogP contribution in [0.3, 0.4) is 0 Å². The van der Waals surface area contributed by atoms with Crippen LogP contribution in [0.2, 0.25) is 0 Å². The van der Waals surface area contributed by atoms with Crippen molar-refractivity contribution in [1.82, 2.24) is 9.55 Å². The van der Waals surface area contributed by atoms with Crippen molar-refractivity contribution in [3.05, 3.63) is 81.9 Å². The zero-order chi connectivity index (χ0) is 19.3. The van der Waals surface area contributed by atoms with Crippen LogP contribution in [-0.4, -0.2) is 22.1 Å². The minimum absolute atomic E-state index is 0.0207. The van der Waals surface area contributed by atoms with E-state index in [1.165, 1.54) is 0 Å². The summed E-state index contributed by atoms with van der Waals surface area (Å²) in [7, 11) is 0. The van der Waals surface area contributed by atoms with Gasteiger partial charge in [-0.15, -0.1) is 0 Å². The highest BCUT2D eigenvalue weighted by Crippen LogP contribution is 2.17. The second-order valence-corrected chi connectivity index (χ2v) is 6.94. The lowest BCUT2D eigenvalue weighted by Crippen LogP contribution is -2.24. The van der Waals surface area contributed by atoms with Crippen LogP contribution in [0.25, 0.3) is 17.0 Å². The SMILES string of the molecule is O=C(OC/C=C/c1ccccc1)c1ccc2c(=O)n3c(nc2c1)CCCCC3. The zero-order valence-corrected chi connectivity index (χ0v) is 15.6. The largest absolute Gasteiger partial charge is 0.458 e. The van der Waals surface area contributed by atoms with Crippen LogP contribution in [0.15, 0.2) is 59.4 Å². The first-order chi connectivity index (χ1) is 13.7. The highest BCUT2D eigenvalue weighted by molar-refractivity contribution is 5.94. The Labute approximate surface area is 163 Å². The summed E-state index contributed by atoms with van der Waals surface area (Å²) in [6.45, 7) is 0.903. The average molecular weight is 374 g/mol. The lowest BCUT2D eigenvalue weighted by atomic mass is 10.1. The van der Waals surface area contributed by atoms with E-state index in [1.807, 2.05) is 36.4 Å². The quantitative estimate of drug-likeness (QED) is 0.648. The fraction of sp³-hybridized carbons (Fsp3) is 0.261. The molecule has 0 saturated carbocycles. The van der Waals surface area contributed by atoms with Crippen molar-refractivity contribution in [3.8, 4) is 0 Å². The second-order valence-electron chi connectivity index (χ2n) is 6.94. The zero-order valence-electron chi connectivity index (χ0n) is 15.6. The van der Waals surface area contributed by atoms with E-state index in [2.05, 4.69) is 4.98 Å². The number of hydrogen-bond acceptors (Lipinski definition) is 4. The van der Waals surface area contributed by atoms with Crippen LogP contribution >= 0.6 is 0 Å². The minimum atomic E-state index is -0.420. The van der Waals surface area contributed by atoms with E-state index in [9.17, 15) is 9.59 Å². The molecule has 0 amide bonds. The summed E-state index contributed by atoms with van der Waals surface area (Å²) in [4.78, 5) is 29.8. The molecule has 28 heavy (non-hydrogen) atoms. The summed E-state index contributed by atoms with van der Waals surface area (Å²) in [5.74, 6) is 0.391. The molecule has 0 bridgehead atoms. The molecule has 0 fully saturated rings. The first-order valence-corrected chi connectivity index (χ1v) is 9.64. The number of carbonyl (C=O) groups excluding carboxylic acids is 1. The van der Waals surface area contributed by atoms with Gasteiger partial charge in [-0.05, 0) is 42.7 Å². The Morgan fingerprint density at radius 1 is 1.11 bits per heavy atom. The number of ether oxygens (including phenoxy) is 1. The first-order valence-electron chi connectivity index (χ1n) is 9.64. The third-order valence-electron chi connectivity index (χ3n) is 4.97. The Balaban J connectivity index is 1.51. The molecule has 142 valence electrons. The van der Waals surface area contributed by atoms with Gasteiger partial charge in [-0.3, -0.25) is 9.36 Å². The molecule has 0 spiro atoms. The summed E-state index contributed by atoms with van der Waals surface area (Å²) in [5.41, 5.74) is 2.00. The van der Waals surface area contributed by atoms with Gasteiger partial charge in [-0.1, -0.05) is 42.8 Å². The van der Waals surface area contributed by atoms with Crippen LogP contribution in [-0.2, 0) is 17.7 Å². The Morgan fingerprint density at radius 2 is 1.96 bits per heavy atom. The number of fused-ring (bicyclic) bond motifs is 2.